The van der Waals surface area contributed by atoms with Crippen molar-refractivity contribution in [1.29, 1.82) is 0 Å². The lowest BCUT2D eigenvalue weighted by molar-refractivity contribution is 0.105. The largest absolute Gasteiger partial charge is 0.475 e. The number of ether oxygens (including phenoxy) is 1. The summed E-state index contributed by atoms with van der Waals surface area (Å²) >= 11 is 0. The van der Waals surface area contributed by atoms with Crippen LogP contribution in [-0.2, 0) is 0 Å². The minimum Gasteiger partial charge on any atom is -0.475 e. The first-order valence-corrected chi connectivity index (χ1v) is 8.36. The summed E-state index contributed by atoms with van der Waals surface area (Å²) in [6.07, 6.45) is 4.73. The van der Waals surface area contributed by atoms with Gasteiger partial charge in [-0.15, -0.1) is 0 Å². The van der Waals surface area contributed by atoms with E-state index >= 15 is 0 Å². The topological polar surface area (TPSA) is 67.5 Å². The number of aliphatic hydroxyl groups is 1. The van der Waals surface area contributed by atoms with Gasteiger partial charge >= 0.3 is 0 Å². The normalized spacial score (nSPS) is 12.3. The molecule has 2 N–H and O–H groups in total. The second-order valence-electron chi connectivity index (χ2n) is 5.56. The molecule has 1 aromatic carbocycles. The monoisotopic (exact) mass is 318 g/mol. The van der Waals surface area contributed by atoms with Crippen molar-refractivity contribution >= 4 is 0 Å². The molecule has 0 spiro atoms. The molecule has 0 bridgehead atoms. The Balaban J connectivity index is 1.64. The summed E-state index contributed by atoms with van der Waals surface area (Å²) in [6.45, 7) is 3.42. The molecule has 23 heavy (non-hydrogen) atoms. The number of hydrogen-bond acceptors (Lipinski definition) is 5. The zero-order valence-electron chi connectivity index (χ0n) is 13.7. The lowest BCUT2D eigenvalue weighted by atomic mass is 10.2. The Morgan fingerprint density at radius 2 is 2.04 bits per heavy atom. The molecule has 0 saturated heterocycles. The third kappa shape index (κ3) is 6.42. The molecule has 1 aromatic heterocycles. The molecule has 0 saturated carbocycles. The molecule has 1 atom stereocenters. The van der Waals surface area contributed by atoms with Crippen LogP contribution in [0.1, 0.15) is 39.0 Å². The number of benzene rings is 1. The Kier molecular flexibility index (Phi) is 7.63. The van der Waals surface area contributed by atoms with Crippen LogP contribution in [0, 0.1) is 0 Å². The van der Waals surface area contributed by atoms with Crippen molar-refractivity contribution in [2.45, 2.75) is 45.3 Å². The summed E-state index contributed by atoms with van der Waals surface area (Å²) in [5.74, 6) is 1.12. The van der Waals surface area contributed by atoms with Crippen LogP contribution < -0.4 is 10.1 Å². The predicted octanol–water partition coefficient (Wildman–Crippen LogP) is 3.60. The average molecular weight is 318 g/mol. The number of hydrogen-bond donors (Lipinski definition) is 2. The Hall–Kier alpha value is -1.85. The molecule has 0 aliphatic rings. The zero-order chi connectivity index (χ0) is 16.3. The van der Waals surface area contributed by atoms with E-state index in [1.54, 1.807) is 6.07 Å². The molecule has 0 aliphatic carbocycles. The van der Waals surface area contributed by atoms with Crippen LogP contribution >= 0.6 is 0 Å². The van der Waals surface area contributed by atoms with E-state index in [9.17, 15) is 5.11 Å². The Bertz CT molecular complexity index is 542. The van der Waals surface area contributed by atoms with Gasteiger partial charge in [-0.05, 0) is 18.1 Å². The van der Waals surface area contributed by atoms with E-state index in [4.69, 9.17) is 9.26 Å². The van der Waals surface area contributed by atoms with E-state index in [0.29, 0.717) is 24.7 Å². The van der Waals surface area contributed by atoms with E-state index in [1.165, 1.54) is 19.3 Å². The smallest absolute Gasteiger partial charge is 0.254 e. The van der Waals surface area contributed by atoms with Crippen molar-refractivity contribution in [3.8, 4) is 17.2 Å². The average Bonchev–Trinajstić information content (AvgIpc) is 3.04. The van der Waals surface area contributed by atoms with Crippen LogP contribution in [0.25, 0.3) is 11.3 Å². The fourth-order valence-corrected chi connectivity index (χ4v) is 2.26. The summed E-state index contributed by atoms with van der Waals surface area (Å²) in [6, 6.07) is 11.5. The molecule has 2 aromatic rings. The first kappa shape index (κ1) is 17.5. The van der Waals surface area contributed by atoms with Gasteiger partial charge in [0.15, 0.2) is 5.76 Å². The predicted molar refractivity (Wildman–Crippen MR) is 90.2 cm³/mol. The fourth-order valence-electron chi connectivity index (χ4n) is 2.26. The molecular weight excluding hydrogens is 292 g/mol. The number of nitrogens with zero attached hydrogens (tertiary/aromatic N) is 1. The van der Waals surface area contributed by atoms with E-state index in [0.717, 1.165) is 18.5 Å². The van der Waals surface area contributed by atoms with Gasteiger partial charge in [0, 0.05) is 18.1 Å². The second kappa shape index (κ2) is 10.0. The van der Waals surface area contributed by atoms with Crippen LogP contribution in [0.5, 0.6) is 5.88 Å². The molecule has 0 radical (unpaired) electrons. The van der Waals surface area contributed by atoms with Gasteiger partial charge in [-0.2, -0.15) is 0 Å². The van der Waals surface area contributed by atoms with Gasteiger partial charge < -0.3 is 14.4 Å². The molecule has 5 nitrogen and oxygen atoms in total. The third-order valence-electron chi connectivity index (χ3n) is 3.60. The van der Waals surface area contributed by atoms with E-state index < -0.39 is 6.23 Å². The standard InChI is InChI=1S/C18H26N2O3/c1-2-3-4-8-12-19-17(21)11-13-22-18-14-16(23-20-18)15-9-6-5-7-10-15/h5-7,9-10,14,17,19,21H,2-4,8,11-13H2,1H3. The van der Waals surface area contributed by atoms with Crippen molar-refractivity contribution in [3.63, 3.8) is 0 Å². The molecular formula is C18H26N2O3. The number of unbranched alkanes of at least 4 members (excludes halogenated alkanes) is 3. The lowest BCUT2D eigenvalue weighted by Gasteiger charge is -2.12. The highest BCUT2D eigenvalue weighted by Gasteiger charge is 2.08. The molecule has 1 heterocycles. The highest BCUT2D eigenvalue weighted by atomic mass is 16.5. The molecule has 126 valence electrons. The van der Waals surface area contributed by atoms with Gasteiger partial charge in [0.2, 0.25) is 0 Å². The van der Waals surface area contributed by atoms with E-state index in [1.807, 2.05) is 30.3 Å². The lowest BCUT2D eigenvalue weighted by Crippen LogP contribution is -2.31. The van der Waals surface area contributed by atoms with E-state index in [2.05, 4.69) is 17.4 Å². The number of aromatic nitrogens is 1. The van der Waals surface area contributed by atoms with Crippen molar-refractivity contribution in [2.24, 2.45) is 0 Å². The summed E-state index contributed by atoms with van der Waals surface area (Å²) in [5.41, 5.74) is 0.962. The summed E-state index contributed by atoms with van der Waals surface area (Å²) in [5, 5.41) is 16.8. The highest BCUT2D eigenvalue weighted by molar-refractivity contribution is 5.57. The first-order valence-electron chi connectivity index (χ1n) is 8.36. The molecule has 0 fully saturated rings. The minimum atomic E-state index is -0.544. The molecule has 5 heteroatoms. The number of aliphatic hydroxyl groups excluding tert-OH is 1. The van der Waals surface area contributed by atoms with Crippen LogP contribution in [0.3, 0.4) is 0 Å². The van der Waals surface area contributed by atoms with Crippen LogP contribution in [0.4, 0.5) is 0 Å². The second-order valence-corrected chi connectivity index (χ2v) is 5.56. The van der Waals surface area contributed by atoms with Crippen LogP contribution in [-0.4, -0.2) is 29.6 Å². The van der Waals surface area contributed by atoms with Gasteiger partial charge in [-0.25, -0.2) is 0 Å². The van der Waals surface area contributed by atoms with Crippen LogP contribution in [0.2, 0.25) is 0 Å². The molecule has 2 rings (SSSR count). The third-order valence-corrected chi connectivity index (χ3v) is 3.60. The molecule has 0 aliphatic heterocycles. The van der Waals surface area contributed by atoms with Gasteiger partial charge in [0.25, 0.3) is 5.88 Å². The van der Waals surface area contributed by atoms with Gasteiger partial charge in [-0.3, -0.25) is 5.32 Å². The van der Waals surface area contributed by atoms with Gasteiger partial charge in [0.05, 0.1) is 6.61 Å². The maximum atomic E-state index is 9.83. The maximum absolute atomic E-state index is 9.83. The molecule has 0 amide bonds. The Morgan fingerprint density at radius 3 is 2.83 bits per heavy atom. The van der Waals surface area contributed by atoms with Crippen molar-refractivity contribution in [1.82, 2.24) is 10.5 Å². The summed E-state index contributed by atoms with van der Waals surface area (Å²) < 4.78 is 10.8. The Morgan fingerprint density at radius 1 is 1.22 bits per heavy atom. The summed E-state index contributed by atoms with van der Waals surface area (Å²) in [7, 11) is 0. The molecule has 1 unspecified atom stereocenters. The van der Waals surface area contributed by atoms with Gasteiger partial charge in [0.1, 0.15) is 6.23 Å². The fraction of sp³-hybridized carbons (Fsp3) is 0.500. The summed E-state index contributed by atoms with van der Waals surface area (Å²) in [4.78, 5) is 0. The van der Waals surface area contributed by atoms with Crippen molar-refractivity contribution in [3.05, 3.63) is 36.4 Å². The van der Waals surface area contributed by atoms with Crippen molar-refractivity contribution in [2.75, 3.05) is 13.2 Å². The number of rotatable bonds is 11. The zero-order valence-corrected chi connectivity index (χ0v) is 13.7. The van der Waals surface area contributed by atoms with Gasteiger partial charge in [-0.1, -0.05) is 56.5 Å². The minimum absolute atomic E-state index is 0.393. The SMILES string of the molecule is CCCCCCNC(O)CCOc1cc(-c2ccccc2)on1. The first-order chi connectivity index (χ1) is 11.3. The van der Waals surface area contributed by atoms with Crippen molar-refractivity contribution < 1.29 is 14.4 Å². The Labute approximate surface area is 137 Å². The quantitative estimate of drug-likeness (QED) is 0.489. The number of nitrogens with one attached hydrogen (secondary N) is 1. The van der Waals surface area contributed by atoms with Crippen LogP contribution in [0.15, 0.2) is 40.9 Å². The highest BCUT2D eigenvalue weighted by Crippen LogP contribution is 2.23. The van der Waals surface area contributed by atoms with E-state index in [-0.39, 0.29) is 0 Å². The maximum Gasteiger partial charge on any atom is 0.254 e.